The van der Waals surface area contributed by atoms with Gasteiger partial charge in [0.05, 0.1) is 11.0 Å². The highest BCUT2D eigenvalue weighted by Crippen LogP contribution is 2.20. The van der Waals surface area contributed by atoms with Crippen LogP contribution in [0.15, 0.2) is 12.1 Å². The molecular weight excluding hydrogens is 192 g/mol. The predicted octanol–water partition coefficient (Wildman–Crippen LogP) is 3.19. The molecule has 0 amide bonds. The Hall–Kier alpha value is -0.800. The molecular formula is C8H7ClN2S. The summed E-state index contributed by atoms with van der Waals surface area (Å²) in [4.78, 5) is 6.07. The van der Waals surface area contributed by atoms with Gasteiger partial charge in [0.15, 0.2) is 4.77 Å². The van der Waals surface area contributed by atoms with Crippen LogP contribution >= 0.6 is 23.8 Å². The van der Waals surface area contributed by atoms with E-state index in [1.54, 1.807) is 0 Å². The third-order valence-electron chi connectivity index (χ3n) is 1.79. The normalized spacial score (nSPS) is 10.8. The summed E-state index contributed by atoms with van der Waals surface area (Å²) >= 11 is 10.8. The smallest absolute Gasteiger partial charge is 0.175 e. The fourth-order valence-corrected chi connectivity index (χ4v) is 1.76. The van der Waals surface area contributed by atoms with Crippen LogP contribution in [0.1, 0.15) is 5.56 Å². The summed E-state index contributed by atoms with van der Waals surface area (Å²) in [6.45, 7) is 1.99. The first kappa shape index (κ1) is 7.83. The van der Waals surface area contributed by atoms with Crippen LogP contribution in [0.5, 0.6) is 0 Å². The largest absolute Gasteiger partial charge is 0.331 e. The number of hydrogen-bond acceptors (Lipinski definition) is 1. The van der Waals surface area contributed by atoms with Crippen molar-refractivity contribution in [2.75, 3.05) is 0 Å². The van der Waals surface area contributed by atoms with Crippen LogP contribution < -0.4 is 0 Å². The van der Waals surface area contributed by atoms with Gasteiger partial charge in [-0.05, 0) is 36.8 Å². The Morgan fingerprint density at radius 1 is 1.33 bits per heavy atom. The van der Waals surface area contributed by atoms with E-state index in [4.69, 9.17) is 23.8 Å². The van der Waals surface area contributed by atoms with E-state index in [1.807, 2.05) is 19.1 Å². The molecule has 0 radical (unpaired) electrons. The van der Waals surface area contributed by atoms with Gasteiger partial charge < -0.3 is 9.97 Å². The number of halogens is 1. The Labute approximate surface area is 79.6 Å². The summed E-state index contributed by atoms with van der Waals surface area (Å²) in [5.41, 5.74) is 3.10. The minimum Gasteiger partial charge on any atom is -0.331 e. The molecule has 0 aliphatic carbocycles. The fourth-order valence-electron chi connectivity index (χ4n) is 1.27. The van der Waals surface area contributed by atoms with Gasteiger partial charge in [-0.15, -0.1) is 0 Å². The van der Waals surface area contributed by atoms with E-state index in [0.29, 0.717) is 4.77 Å². The van der Waals surface area contributed by atoms with Gasteiger partial charge >= 0.3 is 0 Å². The average molecular weight is 199 g/mol. The number of benzene rings is 1. The molecule has 1 aromatic heterocycles. The second-order valence-electron chi connectivity index (χ2n) is 2.72. The molecule has 12 heavy (non-hydrogen) atoms. The molecule has 0 aliphatic heterocycles. The number of aryl methyl sites for hydroxylation is 1. The summed E-state index contributed by atoms with van der Waals surface area (Å²) in [7, 11) is 0. The maximum Gasteiger partial charge on any atom is 0.175 e. The van der Waals surface area contributed by atoms with Crippen LogP contribution in [0, 0.1) is 11.7 Å². The number of hydrogen-bond donors (Lipinski definition) is 2. The second-order valence-corrected chi connectivity index (χ2v) is 3.57. The quantitative estimate of drug-likeness (QED) is 0.626. The van der Waals surface area contributed by atoms with Crippen molar-refractivity contribution in [2.24, 2.45) is 0 Å². The number of imidazole rings is 1. The van der Waals surface area contributed by atoms with Crippen molar-refractivity contribution in [2.45, 2.75) is 6.92 Å². The van der Waals surface area contributed by atoms with E-state index in [-0.39, 0.29) is 0 Å². The van der Waals surface area contributed by atoms with Crippen LogP contribution in [0.2, 0.25) is 5.02 Å². The van der Waals surface area contributed by atoms with Gasteiger partial charge in [0, 0.05) is 5.02 Å². The first-order valence-electron chi connectivity index (χ1n) is 3.55. The van der Waals surface area contributed by atoms with Crippen LogP contribution in [0.4, 0.5) is 0 Å². The Morgan fingerprint density at radius 2 is 2.08 bits per heavy atom. The van der Waals surface area contributed by atoms with Crippen molar-refractivity contribution >= 4 is 34.9 Å². The number of nitrogens with one attached hydrogen (secondary N) is 2. The number of H-pyrrole nitrogens is 2. The minimum absolute atomic E-state index is 0.635. The zero-order chi connectivity index (χ0) is 8.72. The van der Waals surface area contributed by atoms with Gasteiger partial charge in [-0.2, -0.15) is 0 Å². The van der Waals surface area contributed by atoms with Crippen molar-refractivity contribution in [3.05, 3.63) is 27.5 Å². The number of fused-ring (bicyclic) bond motifs is 1. The molecule has 0 saturated carbocycles. The lowest BCUT2D eigenvalue weighted by Crippen LogP contribution is -1.76. The monoisotopic (exact) mass is 198 g/mol. The van der Waals surface area contributed by atoms with E-state index >= 15 is 0 Å². The molecule has 0 spiro atoms. The van der Waals surface area contributed by atoms with Gasteiger partial charge in [-0.3, -0.25) is 0 Å². The molecule has 0 unspecified atom stereocenters. The zero-order valence-electron chi connectivity index (χ0n) is 6.44. The molecule has 2 N–H and O–H groups in total. The highest BCUT2D eigenvalue weighted by molar-refractivity contribution is 7.71. The fraction of sp³-hybridized carbons (Fsp3) is 0.125. The molecule has 0 fully saturated rings. The molecule has 4 heteroatoms. The van der Waals surface area contributed by atoms with Gasteiger partial charge in [0.25, 0.3) is 0 Å². The SMILES string of the molecule is Cc1cc(Cl)cc2[nH]c(=S)[nH]c12. The van der Waals surface area contributed by atoms with Crippen molar-refractivity contribution in [1.29, 1.82) is 0 Å². The summed E-state index contributed by atoms with van der Waals surface area (Å²) in [5.74, 6) is 0. The van der Waals surface area contributed by atoms with Crippen molar-refractivity contribution in [3.8, 4) is 0 Å². The van der Waals surface area contributed by atoms with E-state index in [0.717, 1.165) is 21.6 Å². The van der Waals surface area contributed by atoms with Crippen LogP contribution in [0.3, 0.4) is 0 Å². The zero-order valence-corrected chi connectivity index (χ0v) is 8.01. The van der Waals surface area contributed by atoms with Gasteiger partial charge in [-0.1, -0.05) is 11.6 Å². The standard InChI is InChI=1S/C8H7ClN2S/c1-4-2-5(9)3-6-7(4)11-8(12)10-6/h2-3H,1H3,(H2,10,11,12). The maximum absolute atomic E-state index is 5.87. The molecule has 1 heterocycles. The minimum atomic E-state index is 0.635. The molecule has 2 aromatic rings. The Morgan fingerprint density at radius 3 is 2.83 bits per heavy atom. The predicted molar refractivity (Wildman–Crippen MR) is 53.2 cm³/mol. The van der Waals surface area contributed by atoms with Crippen molar-refractivity contribution in [1.82, 2.24) is 9.97 Å². The lowest BCUT2D eigenvalue weighted by molar-refractivity contribution is 1.29. The summed E-state index contributed by atoms with van der Waals surface area (Å²) < 4.78 is 0.635. The second kappa shape index (κ2) is 2.61. The Kier molecular flexibility index (Phi) is 1.70. The molecule has 62 valence electrons. The number of aromatic nitrogens is 2. The summed E-state index contributed by atoms with van der Waals surface area (Å²) in [6, 6.07) is 3.76. The van der Waals surface area contributed by atoms with E-state index in [1.165, 1.54) is 0 Å². The van der Waals surface area contributed by atoms with E-state index in [2.05, 4.69) is 9.97 Å². The van der Waals surface area contributed by atoms with Crippen LogP contribution in [0.25, 0.3) is 11.0 Å². The third kappa shape index (κ3) is 1.15. The van der Waals surface area contributed by atoms with Crippen molar-refractivity contribution < 1.29 is 0 Å². The summed E-state index contributed by atoms with van der Waals surface area (Å²) in [6.07, 6.45) is 0. The summed E-state index contributed by atoms with van der Waals surface area (Å²) in [5, 5.41) is 0.727. The van der Waals surface area contributed by atoms with Gasteiger partial charge in [0.2, 0.25) is 0 Å². The van der Waals surface area contributed by atoms with Crippen LogP contribution in [-0.4, -0.2) is 9.97 Å². The van der Waals surface area contributed by atoms with Gasteiger partial charge in [0.1, 0.15) is 0 Å². The maximum atomic E-state index is 5.87. The van der Waals surface area contributed by atoms with Crippen LogP contribution in [-0.2, 0) is 0 Å². The topological polar surface area (TPSA) is 31.6 Å². The lowest BCUT2D eigenvalue weighted by atomic mass is 10.2. The Bertz CT molecular complexity index is 483. The molecule has 2 nitrogen and oxygen atoms in total. The molecule has 0 atom stereocenters. The highest BCUT2D eigenvalue weighted by Gasteiger charge is 2.00. The first-order valence-corrected chi connectivity index (χ1v) is 4.33. The molecule has 2 rings (SSSR count). The highest BCUT2D eigenvalue weighted by atomic mass is 35.5. The average Bonchev–Trinajstić information content (AvgIpc) is 2.29. The van der Waals surface area contributed by atoms with Gasteiger partial charge in [-0.25, -0.2) is 0 Å². The third-order valence-corrected chi connectivity index (χ3v) is 2.21. The number of aromatic amines is 2. The van der Waals surface area contributed by atoms with E-state index < -0.39 is 0 Å². The molecule has 0 saturated heterocycles. The molecule has 0 aliphatic rings. The van der Waals surface area contributed by atoms with E-state index in [9.17, 15) is 0 Å². The first-order chi connectivity index (χ1) is 5.66. The Balaban J connectivity index is 2.97. The van der Waals surface area contributed by atoms with Crippen molar-refractivity contribution in [3.63, 3.8) is 0 Å². The lowest BCUT2D eigenvalue weighted by Gasteiger charge is -1.95. The number of rotatable bonds is 0. The molecule has 0 bridgehead atoms. The molecule has 1 aromatic carbocycles.